The first kappa shape index (κ1) is 16.4. The first-order valence-corrected chi connectivity index (χ1v) is 8.14. The lowest BCUT2D eigenvalue weighted by Gasteiger charge is -2.32. The van der Waals surface area contributed by atoms with Crippen molar-refractivity contribution in [1.29, 1.82) is 0 Å². The Morgan fingerprint density at radius 1 is 1.46 bits per heavy atom. The van der Waals surface area contributed by atoms with Gasteiger partial charge in [-0.3, -0.25) is 4.79 Å². The van der Waals surface area contributed by atoms with Crippen molar-refractivity contribution in [3.8, 4) is 5.75 Å². The number of aryl methyl sites for hydroxylation is 2. The predicted molar refractivity (Wildman–Crippen MR) is 87.6 cm³/mol. The largest absolute Gasteiger partial charge is 0.484 e. The highest BCUT2D eigenvalue weighted by atomic mass is 16.5. The van der Waals surface area contributed by atoms with Crippen molar-refractivity contribution in [3.05, 3.63) is 42.0 Å². The van der Waals surface area contributed by atoms with E-state index >= 15 is 0 Å². The lowest BCUT2D eigenvalue weighted by Crippen LogP contribution is -2.44. The second-order valence-corrected chi connectivity index (χ2v) is 5.78. The monoisotopic (exact) mass is 330 g/mol. The van der Waals surface area contributed by atoms with Gasteiger partial charge in [-0.05, 0) is 31.5 Å². The molecule has 7 heteroatoms. The number of carbonyl (C=O) groups excluding carboxylic acids is 1. The molecule has 1 atom stereocenters. The minimum absolute atomic E-state index is 0.0244. The summed E-state index contributed by atoms with van der Waals surface area (Å²) in [6, 6.07) is 7.67. The van der Waals surface area contributed by atoms with Gasteiger partial charge in [-0.2, -0.15) is 0 Å². The van der Waals surface area contributed by atoms with Crippen LogP contribution in [-0.2, 0) is 16.1 Å². The fourth-order valence-corrected chi connectivity index (χ4v) is 2.73. The highest BCUT2D eigenvalue weighted by Gasteiger charge is 2.28. The zero-order valence-electron chi connectivity index (χ0n) is 14.0. The average molecular weight is 330 g/mol. The highest BCUT2D eigenvalue weighted by Crippen LogP contribution is 2.21. The molecule has 7 nitrogen and oxygen atoms in total. The zero-order valence-corrected chi connectivity index (χ0v) is 14.0. The number of carbonyl (C=O) groups is 1. The Morgan fingerprint density at radius 2 is 2.33 bits per heavy atom. The number of hydrogen-bond donors (Lipinski definition) is 0. The van der Waals surface area contributed by atoms with E-state index in [2.05, 4.69) is 10.2 Å². The molecule has 1 amide bonds. The van der Waals surface area contributed by atoms with Gasteiger partial charge >= 0.3 is 0 Å². The van der Waals surface area contributed by atoms with E-state index < -0.39 is 0 Å². The Kier molecular flexibility index (Phi) is 5.10. The summed E-state index contributed by atoms with van der Waals surface area (Å²) in [5, 5.41) is 8.05. The molecule has 0 saturated carbocycles. The van der Waals surface area contributed by atoms with Crippen LogP contribution >= 0.6 is 0 Å². The van der Waals surface area contributed by atoms with Gasteiger partial charge in [-0.15, -0.1) is 10.2 Å². The number of hydrogen-bond acceptors (Lipinski definition) is 5. The standard InChI is InChI=1S/C17H22N4O3/c1-3-20-12-18-19-17(20)15-10-21(7-8-23-15)16(22)11-24-14-6-4-5-13(2)9-14/h4-6,9,12,15H,3,7-8,10-11H2,1-2H3/t15-/m1/s1. The maximum Gasteiger partial charge on any atom is 0.260 e. The molecule has 0 aliphatic carbocycles. The van der Waals surface area contributed by atoms with Crippen LogP contribution in [0.2, 0.25) is 0 Å². The fourth-order valence-electron chi connectivity index (χ4n) is 2.73. The van der Waals surface area contributed by atoms with Crippen LogP contribution in [-0.4, -0.2) is 51.9 Å². The molecule has 0 spiro atoms. The number of amides is 1. The Labute approximate surface area is 141 Å². The minimum Gasteiger partial charge on any atom is -0.484 e. The summed E-state index contributed by atoms with van der Waals surface area (Å²) in [6.45, 7) is 6.32. The molecule has 0 unspecified atom stereocenters. The molecule has 1 saturated heterocycles. The van der Waals surface area contributed by atoms with Crippen LogP contribution in [0.4, 0.5) is 0 Å². The van der Waals surface area contributed by atoms with Gasteiger partial charge < -0.3 is 18.9 Å². The fraction of sp³-hybridized carbons (Fsp3) is 0.471. The van der Waals surface area contributed by atoms with E-state index in [-0.39, 0.29) is 18.6 Å². The molecule has 3 rings (SSSR count). The zero-order chi connectivity index (χ0) is 16.9. The molecular formula is C17H22N4O3. The number of rotatable bonds is 5. The van der Waals surface area contributed by atoms with Crippen molar-refractivity contribution < 1.29 is 14.3 Å². The molecule has 1 aromatic carbocycles. The van der Waals surface area contributed by atoms with Crippen LogP contribution in [0.5, 0.6) is 5.75 Å². The molecule has 0 radical (unpaired) electrons. The molecule has 2 heterocycles. The topological polar surface area (TPSA) is 69.5 Å². The summed E-state index contributed by atoms with van der Waals surface area (Å²) in [5.41, 5.74) is 1.10. The highest BCUT2D eigenvalue weighted by molar-refractivity contribution is 5.77. The van der Waals surface area contributed by atoms with Crippen molar-refractivity contribution in [3.63, 3.8) is 0 Å². The smallest absolute Gasteiger partial charge is 0.260 e. The number of benzene rings is 1. The summed E-state index contributed by atoms with van der Waals surface area (Å²) in [7, 11) is 0. The first-order valence-electron chi connectivity index (χ1n) is 8.14. The number of nitrogens with zero attached hydrogens (tertiary/aromatic N) is 4. The quantitative estimate of drug-likeness (QED) is 0.832. The van der Waals surface area contributed by atoms with Crippen molar-refractivity contribution in [2.45, 2.75) is 26.5 Å². The van der Waals surface area contributed by atoms with Crippen LogP contribution in [0.15, 0.2) is 30.6 Å². The third kappa shape index (κ3) is 3.73. The Morgan fingerprint density at radius 3 is 3.12 bits per heavy atom. The van der Waals surface area contributed by atoms with E-state index in [1.165, 1.54) is 0 Å². The van der Waals surface area contributed by atoms with E-state index in [9.17, 15) is 4.79 Å². The molecule has 128 valence electrons. The van der Waals surface area contributed by atoms with Gasteiger partial charge in [-0.25, -0.2) is 0 Å². The SMILES string of the molecule is CCn1cnnc1[C@H]1CN(C(=O)COc2cccc(C)c2)CCO1. The van der Waals surface area contributed by atoms with Gasteiger partial charge in [0.15, 0.2) is 12.4 Å². The summed E-state index contributed by atoms with van der Waals surface area (Å²) >= 11 is 0. The molecule has 24 heavy (non-hydrogen) atoms. The predicted octanol–water partition coefficient (Wildman–Crippen LogP) is 1.59. The summed E-state index contributed by atoms with van der Waals surface area (Å²) in [6.07, 6.45) is 1.43. The van der Waals surface area contributed by atoms with E-state index in [4.69, 9.17) is 9.47 Å². The summed E-state index contributed by atoms with van der Waals surface area (Å²) in [5.74, 6) is 1.42. The normalized spacial score (nSPS) is 17.8. The van der Waals surface area contributed by atoms with E-state index in [0.29, 0.717) is 25.4 Å². The second-order valence-electron chi connectivity index (χ2n) is 5.78. The molecule has 1 fully saturated rings. The van der Waals surface area contributed by atoms with E-state index in [0.717, 1.165) is 17.9 Å². The lowest BCUT2D eigenvalue weighted by atomic mass is 10.2. The third-order valence-corrected chi connectivity index (χ3v) is 4.05. The summed E-state index contributed by atoms with van der Waals surface area (Å²) in [4.78, 5) is 14.2. The molecule has 0 bridgehead atoms. The second kappa shape index (κ2) is 7.44. The van der Waals surface area contributed by atoms with Crippen molar-refractivity contribution in [2.75, 3.05) is 26.3 Å². The Balaban J connectivity index is 1.59. The van der Waals surface area contributed by atoms with Gasteiger partial charge in [0.2, 0.25) is 0 Å². The maximum atomic E-state index is 12.4. The van der Waals surface area contributed by atoms with E-state index in [1.54, 1.807) is 11.2 Å². The molecule has 2 aromatic rings. The number of morpholine rings is 1. The van der Waals surface area contributed by atoms with Gasteiger partial charge in [0, 0.05) is 13.1 Å². The number of ether oxygens (including phenoxy) is 2. The molecule has 1 aromatic heterocycles. The van der Waals surface area contributed by atoms with Crippen molar-refractivity contribution in [1.82, 2.24) is 19.7 Å². The molecule has 1 aliphatic rings. The third-order valence-electron chi connectivity index (χ3n) is 4.05. The van der Waals surface area contributed by atoms with Crippen molar-refractivity contribution >= 4 is 5.91 Å². The van der Waals surface area contributed by atoms with Crippen LogP contribution in [0.1, 0.15) is 24.4 Å². The number of aromatic nitrogens is 3. The van der Waals surface area contributed by atoms with Crippen molar-refractivity contribution in [2.24, 2.45) is 0 Å². The maximum absolute atomic E-state index is 12.4. The minimum atomic E-state index is -0.246. The molecule has 1 aliphatic heterocycles. The first-order chi connectivity index (χ1) is 11.7. The van der Waals surface area contributed by atoms with Crippen LogP contribution in [0, 0.1) is 6.92 Å². The van der Waals surface area contributed by atoms with Gasteiger partial charge in [-0.1, -0.05) is 12.1 Å². The van der Waals surface area contributed by atoms with Gasteiger partial charge in [0.1, 0.15) is 18.2 Å². The molecule has 0 N–H and O–H groups in total. The van der Waals surface area contributed by atoms with Crippen LogP contribution in [0.25, 0.3) is 0 Å². The Hall–Kier alpha value is -2.41. The lowest BCUT2D eigenvalue weighted by molar-refractivity contribution is -0.141. The van der Waals surface area contributed by atoms with Gasteiger partial charge in [0.25, 0.3) is 5.91 Å². The average Bonchev–Trinajstić information content (AvgIpc) is 3.08. The van der Waals surface area contributed by atoms with Crippen LogP contribution < -0.4 is 4.74 Å². The van der Waals surface area contributed by atoms with Crippen LogP contribution in [0.3, 0.4) is 0 Å². The molecular weight excluding hydrogens is 308 g/mol. The van der Waals surface area contributed by atoms with Gasteiger partial charge in [0.05, 0.1) is 13.2 Å². The summed E-state index contributed by atoms with van der Waals surface area (Å²) < 4.78 is 13.3. The van der Waals surface area contributed by atoms with E-state index in [1.807, 2.05) is 42.7 Å². The Bertz CT molecular complexity index is 701.